The van der Waals surface area contributed by atoms with E-state index in [9.17, 15) is 13.2 Å². The molecular formula is C17H18ClNO4S2. The predicted octanol–water partition coefficient (Wildman–Crippen LogP) is 3.76. The monoisotopic (exact) mass is 399 g/mol. The summed E-state index contributed by atoms with van der Waals surface area (Å²) >= 11 is 7.28. The van der Waals surface area contributed by atoms with Crippen molar-refractivity contribution in [3.63, 3.8) is 0 Å². The lowest BCUT2D eigenvalue weighted by molar-refractivity contribution is -0.130. The zero-order chi connectivity index (χ0) is 18.1. The molecule has 2 heterocycles. The average molecular weight is 400 g/mol. The molecule has 25 heavy (non-hydrogen) atoms. The van der Waals surface area contributed by atoms with Crippen LogP contribution in [0.3, 0.4) is 0 Å². The third-order valence-corrected chi connectivity index (χ3v) is 8.90. The number of hydrogen-bond acceptors (Lipinski definition) is 5. The van der Waals surface area contributed by atoms with Crippen molar-refractivity contribution in [2.45, 2.75) is 30.4 Å². The van der Waals surface area contributed by atoms with E-state index in [-0.39, 0.29) is 12.2 Å². The molecule has 1 amide bonds. The van der Waals surface area contributed by atoms with Crippen molar-refractivity contribution in [1.82, 2.24) is 5.48 Å². The number of sulfone groups is 1. The van der Waals surface area contributed by atoms with Gasteiger partial charge in [-0.15, -0.1) is 11.3 Å². The van der Waals surface area contributed by atoms with E-state index >= 15 is 0 Å². The number of rotatable bonds is 4. The standard InChI is InChI=1S/C17H18ClNO4S2/c18-13-5-3-12(4-6-13)14-7-8-15(24-14)17(11-16(20)19-21)9-1-2-10-25(17,22)23/h3-8,21H,1-2,9-11H2,(H,19,20). The summed E-state index contributed by atoms with van der Waals surface area (Å²) in [6.45, 7) is 0. The van der Waals surface area contributed by atoms with Crippen LogP contribution in [0.2, 0.25) is 5.02 Å². The van der Waals surface area contributed by atoms with Crippen LogP contribution in [0, 0.1) is 0 Å². The summed E-state index contributed by atoms with van der Waals surface area (Å²) < 4.78 is 24.5. The zero-order valence-electron chi connectivity index (χ0n) is 13.4. The molecule has 8 heteroatoms. The van der Waals surface area contributed by atoms with E-state index < -0.39 is 20.5 Å². The van der Waals surface area contributed by atoms with Crippen molar-refractivity contribution in [3.8, 4) is 10.4 Å². The second-order valence-electron chi connectivity index (χ2n) is 6.15. The zero-order valence-corrected chi connectivity index (χ0v) is 15.8. The highest BCUT2D eigenvalue weighted by Crippen LogP contribution is 2.47. The summed E-state index contributed by atoms with van der Waals surface area (Å²) in [4.78, 5) is 13.4. The lowest BCUT2D eigenvalue weighted by Crippen LogP contribution is -2.43. The van der Waals surface area contributed by atoms with Gasteiger partial charge in [-0.25, -0.2) is 13.9 Å². The molecule has 1 atom stereocenters. The van der Waals surface area contributed by atoms with Gasteiger partial charge in [0, 0.05) is 14.8 Å². The molecule has 0 aliphatic carbocycles. The lowest BCUT2D eigenvalue weighted by atomic mass is 9.94. The lowest BCUT2D eigenvalue weighted by Gasteiger charge is -2.35. The minimum atomic E-state index is -3.50. The van der Waals surface area contributed by atoms with Gasteiger partial charge in [-0.3, -0.25) is 10.0 Å². The Kier molecular flexibility index (Phi) is 5.20. The van der Waals surface area contributed by atoms with E-state index in [1.807, 2.05) is 18.2 Å². The molecule has 1 saturated heterocycles. The number of hydroxylamine groups is 1. The third kappa shape index (κ3) is 3.46. The smallest absolute Gasteiger partial charge is 0.245 e. The summed E-state index contributed by atoms with van der Waals surface area (Å²) in [5.41, 5.74) is 2.52. The van der Waals surface area contributed by atoms with E-state index in [1.165, 1.54) is 11.3 Å². The molecule has 0 saturated carbocycles. The summed E-state index contributed by atoms with van der Waals surface area (Å²) in [6, 6.07) is 11.0. The number of halogens is 1. The van der Waals surface area contributed by atoms with Crippen LogP contribution < -0.4 is 5.48 Å². The second kappa shape index (κ2) is 7.07. The minimum absolute atomic E-state index is 0.0554. The van der Waals surface area contributed by atoms with Gasteiger partial charge in [0.2, 0.25) is 5.91 Å². The highest BCUT2D eigenvalue weighted by molar-refractivity contribution is 7.92. The highest BCUT2D eigenvalue weighted by Gasteiger charge is 2.49. The molecule has 0 spiro atoms. The van der Waals surface area contributed by atoms with Gasteiger partial charge in [0.15, 0.2) is 9.84 Å². The Morgan fingerprint density at radius 1 is 1.20 bits per heavy atom. The molecule has 2 N–H and O–H groups in total. The fraction of sp³-hybridized carbons (Fsp3) is 0.353. The van der Waals surface area contributed by atoms with Gasteiger partial charge in [-0.05, 0) is 42.7 Å². The van der Waals surface area contributed by atoms with Crippen molar-refractivity contribution in [2.24, 2.45) is 0 Å². The first-order valence-electron chi connectivity index (χ1n) is 7.89. The number of benzene rings is 1. The molecule has 1 aromatic carbocycles. The Bertz CT molecular complexity index is 876. The number of nitrogens with one attached hydrogen (secondary N) is 1. The van der Waals surface area contributed by atoms with Gasteiger partial charge in [0.05, 0.1) is 12.2 Å². The van der Waals surface area contributed by atoms with Crippen molar-refractivity contribution in [2.75, 3.05) is 5.75 Å². The molecule has 134 valence electrons. The minimum Gasteiger partial charge on any atom is -0.289 e. The number of amides is 1. The molecule has 1 aliphatic heterocycles. The molecule has 1 fully saturated rings. The van der Waals surface area contributed by atoms with Crippen LogP contribution in [-0.4, -0.2) is 25.3 Å². The molecule has 2 aromatic rings. The second-order valence-corrected chi connectivity index (χ2v) is 10.1. The van der Waals surface area contributed by atoms with Crippen LogP contribution in [0.5, 0.6) is 0 Å². The van der Waals surface area contributed by atoms with Crippen molar-refractivity contribution < 1.29 is 18.4 Å². The van der Waals surface area contributed by atoms with Crippen molar-refractivity contribution in [1.29, 1.82) is 0 Å². The number of carbonyl (C=O) groups is 1. The van der Waals surface area contributed by atoms with Crippen LogP contribution in [0.4, 0.5) is 0 Å². The molecule has 0 bridgehead atoms. The summed E-state index contributed by atoms with van der Waals surface area (Å²) in [5.74, 6) is -0.633. The molecule has 1 aliphatic rings. The largest absolute Gasteiger partial charge is 0.289 e. The quantitative estimate of drug-likeness (QED) is 0.605. The Labute approximate surface area is 155 Å². The van der Waals surface area contributed by atoms with Crippen LogP contribution >= 0.6 is 22.9 Å². The van der Waals surface area contributed by atoms with E-state index in [4.69, 9.17) is 16.8 Å². The fourth-order valence-electron chi connectivity index (χ4n) is 3.27. The summed E-state index contributed by atoms with van der Waals surface area (Å²) in [6.07, 6.45) is 1.43. The Balaban J connectivity index is 2.05. The van der Waals surface area contributed by atoms with Crippen molar-refractivity contribution >= 4 is 38.7 Å². The van der Waals surface area contributed by atoms with E-state index in [1.54, 1.807) is 23.7 Å². The number of thiophene rings is 1. The maximum absolute atomic E-state index is 12.9. The van der Waals surface area contributed by atoms with Gasteiger partial charge in [0.25, 0.3) is 0 Å². The summed E-state index contributed by atoms with van der Waals surface area (Å²) in [7, 11) is -3.50. The number of carbonyl (C=O) groups excluding carboxylic acids is 1. The topological polar surface area (TPSA) is 83.5 Å². The molecule has 1 unspecified atom stereocenters. The van der Waals surface area contributed by atoms with Gasteiger partial charge in [0.1, 0.15) is 4.75 Å². The third-order valence-electron chi connectivity index (χ3n) is 4.59. The van der Waals surface area contributed by atoms with Gasteiger partial charge >= 0.3 is 0 Å². The van der Waals surface area contributed by atoms with Crippen LogP contribution in [0.1, 0.15) is 30.6 Å². The molecule has 5 nitrogen and oxygen atoms in total. The van der Waals surface area contributed by atoms with Crippen molar-refractivity contribution in [3.05, 3.63) is 46.3 Å². The van der Waals surface area contributed by atoms with E-state index in [0.29, 0.717) is 22.7 Å². The Morgan fingerprint density at radius 3 is 2.56 bits per heavy atom. The van der Waals surface area contributed by atoms with Crippen LogP contribution in [-0.2, 0) is 19.4 Å². The van der Waals surface area contributed by atoms with Crippen LogP contribution in [0.25, 0.3) is 10.4 Å². The molecule has 0 radical (unpaired) electrons. The van der Waals surface area contributed by atoms with Crippen LogP contribution in [0.15, 0.2) is 36.4 Å². The first kappa shape index (κ1) is 18.4. The first-order chi connectivity index (χ1) is 11.9. The Morgan fingerprint density at radius 2 is 1.92 bits per heavy atom. The first-order valence-corrected chi connectivity index (χ1v) is 10.7. The SMILES string of the molecule is O=C(CC1(c2ccc(-c3ccc(Cl)cc3)s2)CCCCS1(=O)=O)NO. The highest BCUT2D eigenvalue weighted by atomic mass is 35.5. The molecule has 3 rings (SSSR count). The van der Waals surface area contributed by atoms with E-state index in [0.717, 1.165) is 16.9 Å². The van der Waals surface area contributed by atoms with E-state index in [2.05, 4.69) is 0 Å². The average Bonchev–Trinajstić information content (AvgIpc) is 3.07. The number of hydrogen-bond donors (Lipinski definition) is 2. The maximum atomic E-state index is 12.9. The molecular weight excluding hydrogens is 382 g/mol. The normalized spacial score (nSPS) is 22.5. The van der Waals surface area contributed by atoms with Gasteiger partial charge < -0.3 is 0 Å². The fourth-order valence-corrected chi connectivity index (χ4v) is 7.18. The van der Waals surface area contributed by atoms with Gasteiger partial charge in [-0.2, -0.15) is 0 Å². The maximum Gasteiger partial charge on any atom is 0.245 e. The molecule has 1 aromatic heterocycles. The summed E-state index contributed by atoms with van der Waals surface area (Å²) in [5, 5.41) is 9.53. The Hall–Kier alpha value is -1.41. The predicted molar refractivity (Wildman–Crippen MR) is 98.6 cm³/mol. The van der Waals surface area contributed by atoms with Gasteiger partial charge in [-0.1, -0.05) is 30.2 Å².